The summed E-state index contributed by atoms with van der Waals surface area (Å²) in [6.45, 7) is 3.82. The summed E-state index contributed by atoms with van der Waals surface area (Å²) in [7, 11) is 0. The molecule has 1 heterocycles. The van der Waals surface area contributed by atoms with E-state index in [0.717, 1.165) is 22.0 Å². The third kappa shape index (κ3) is 1.48. The minimum atomic E-state index is -0.927. The summed E-state index contributed by atoms with van der Waals surface area (Å²) < 4.78 is 0. The average Bonchev–Trinajstić information content (AvgIpc) is 2.62. The van der Waals surface area contributed by atoms with Gasteiger partial charge in [0.1, 0.15) is 5.69 Å². The topological polar surface area (TPSA) is 53.1 Å². The first-order valence-electron chi connectivity index (χ1n) is 5.09. The molecule has 2 N–H and O–H groups in total. The fraction of sp³-hybridized carbons (Fsp3) is 0.250. The average molecular weight is 238 g/mol. The molecule has 0 aliphatic heterocycles. The van der Waals surface area contributed by atoms with Crippen LogP contribution in [0.25, 0.3) is 10.9 Å². The molecule has 0 atom stereocenters. The van der Waals surface area contributed by atoms with Crippen LogP contribution < -0.4 is 0 Å². The summed E-state index contributed by atoms with van der Waals surface area (Å²) in [6, 6.07) is 3.67. The van der Waals surface area contributed by atoms with Gasteiger partial charge in [0.05, 0.1) is 5.52 Å². The molecule has 0 aliphatic rings. The molecule has 0 radical (unpaired) electrons. The van der Waals surface area contributed by atoms with E-state index in [1.54, 1.807) is 6.07 Å². The minimum Gasteiger partial charge on any atom is -0.477 e. The van der Waals surface area contributed by atoms with E-state index in [-0.39, 0.29) is 5.69 Å². The molecule has 0 spiro atoms. The normalized spacial score (nSPS) is 10.9. The number of hydrogen-bond acceptors (Lipinski definition) is 1. The van der Waals surface area contributed by atoms with Crippen LogP contribution in [-0.2, 0) is 6.42 Å². The van der Waals surface area contributed by atoms with Crippen molar-refractivity contribution in [3.05, 3.63) is 34.0 Å². The fourth-order valence-corrected chi connectivity index (χ4v) is 2.14. The van der Waals surface area contributed by atoms with Crippen molar-refractivity contribution >= 4 is 28.5 Å². The Hall–Kier alpha value is -1.48. The maximum Gasteiger partial charge on any atom is 0.352 e. The van der Waals surface area contributed by atoms with Gasteiger partial charge in [-0.3, -0.25) is 0 Å². The van der Waals surface area contributed by atoms with Crippen LogP contribution in [0.4, 0.5) is 0 Å². The highest BCUT2D eigenvalue weighted by atomic mass is 35.5. The molecular weight excluding hydrogens is 226 g/mol. The molecule has 2 aromatic rings. The lowest BCUT2D eigenvalue weighted by molar-refractivity contribution is 0.0690. The summed E-state index contributed by atoms with van der Waals surface area (Å²) in [6.07, 6.45) is 0.683. The Balaban J connectivity index is 2.87. The lowest BCUT2D eigenvalue weighted by Crippen LogP contribution is -2.00. The van der Waals surface area contributed by atoms with Gasteiger partial charge < -0.3 is 10.1 Å². The first-order valence-corrected chi connectivity index (χ1v) is 5.47. The van der Waals surface area contributed by atoms with E-state index in [0.29, 0.717) is 11.4 Å². The molecule has 0 unspecified atom stereocenters. The van der Waals surface area contributed by atoms with Gasteiger partial charge in [-0.1, -0.05) is 24.6 Å². The lowest BCUT2D eigenvalue weighted by Gasteiger charge is -1.99. The summed E-state index contributed by atoms with van der Waals surface area (Å²) >= 11 is 6.00. The van der Waals surface area contributed by atoms with Gasteiger partial charge in [0.15, 0.2) is 0 Å². The van der Waals surface area contributed by atoms with Gasteiger partial charge in [0.2, 0.25) is 0 Å². The number of benzene rings is 1. The standard InChI is InChI=1S/C12H12ClNO2/c1-3-7-8-4-5-9(13)6(2)10(8)14-11(7)12(15)16/h4-5,14H,3H2,1-2H3,(H,15,16). The summed E-state index contributed by atoms with van der Waals surface area (Å²) in [5.74, 6) is -0.927. The number of H-pyrrole nitrogens is 1. The van der Waals surface area contributed by atoms with E-state index in [4.69, 9.17) is 16.7 Å². The monoisotopic (exact) mass is 237 g/mol. The van der Waals surface area contributed by atoms with Crippen LogP contribution in [0, 0.1) is 6.92 Å². The smallest absolute Gasteiger partial charge is 0.352 e. The number of aromatic nitrogens is 1. The number of nitrogens with one attached hydrogen (secondary N) is 1. The zero-order valence-corrected chi connectivity index (χ0v) is 9.85. The van der Waals surface area contributed by atoms with Gasteiger partial charge in [0.25, 0.3) is 0 Å². The highest BCUT2D eigenvalue weighted by Gasteiger charge is 2.17. The van der Waals surface area contributed by atoms with Gasteiger partial charge in [-0.25, -0.2) is 4.79 Å². The molecule has 0 fully saturated rings. The van der Waals surface area contributed by atoms with Crippen LogP contribution in [-0.4, -0.2) is 16.1 Å². The third-order valence-corrected chi connectivity index (χ3v) is 3.25. The van der Waals surface area contributed by atoms with E-state index >= 15 is 0 Å². The Labute approximate surface area is 98.0 Å². The van der Waals surface area contributed by atoms with E-state index < -0.39 is 5.97 Å². The first kappa shape index (κ1) is 11.0. The van der Waals surface area contributed by atoms with Crippen molar-refractivity contribution in [3.63, 3.8) is 0 Å². The summed E-state index contributed by atoms with van der Waals surface area (Å²) in [4.78, 5) is 14.0. The third-order valence-electron chi connectivity index (χ3n) is 2.84. The molecule has 2 rings (SSSR count). The number of rotatable bonds is 2. The Morgan fingerprint density at radius 2 is 2.19 bits per heavy atom. The molecule has 0 bridgehead atoms. The van der Waals surface area contributed by atoms with Crippen molar-refractivity contribution in [2.45, 2.75) is 20.3 Å². The molecule has 3 nitrogen and oxygen atoms in total. The minimum absolute atomic E-state index is 0.267. The van der Waals surface area contributed by atoms with Crippen LogP contribution in [0.2, 0.25) is 5.02 Å². The van der Waals surface area contributed by atoms with Gasteiger partial charge >= 0.3 is 5.97 Å². The largest absolute Gasteiger partial charge is 0.477 e. The van der Waals surface area contributed by atoms with Gasteiger partial charge in [-0.15, -0.1) is 0 Å². The zero-order valence-electron chi connectivity index (χ0n) is 9.10. The van der Waals surface area contributed by atoms with Crippen LogP contribution in [0.5, 0.6) is 0 Å². The SMILES string of the molecule is CCc1c(C(=O)O)[nH]c2c(C)c(Cl)ccc12. The maximum atomic E-state index is 11.1. The number of halogens is 1. The van der Waals surface area contributed by atoms with E-state index in [1.807, 2.05) is 19.9 Å². The number of hydrogen-bond donors (Lipinski definition) is 2. The van der Waals surface area contributed by atoms with Crippen molar-refractivity contribution in [1.29, 1.82) is 0 Å². The molecule has 84 valence electrons. The number of carbonyl (C=O) groups is 1. The second-order valence-electron chi connectivity index (χ2n) is 3.73. The van der Waals surface area contributed by atoms with Crippen molar-refractivity contribution in [1.82, 2.24) is 4.98 Å². The summed E-state index contributed by atoms with van der Waals surface area (Å²) in [5.41, 5.74) is 2.81. The molecule has 16 heavy (non-hydrogen) atoms. The Morgan fingerprint density at radius 1 is 1.50 bits per heavy atom. The highest BCUT2D eigenvalue weighted by Crippen LogP contribution is 2.29. The Kier molecular flexibility index (Phi) is 2.64. The van der Waals surface area contributed by atoms with Crippen molar-refractivity contribution in [3.8, 4) is 0 Å². The molecule has 0 amide bonds. The lowest BCUT2D eigenvalue weighted by atomic mass is 10.1. The van der Waals surface area contributed by atoms with Gasteiger partial charge in [-0.2, -0.15) is 0 Å². The first-order chi connectivity index (χ1) is 7.56. The predicted molar refractivity (Wildman–Crippen MR) is 64.4 cm³/mol. The molecule has 4 heteroatoms. The number of aromatic carboxylic acids is 1. The van der Waals surface area contributed by atoms with Crippen molar-refractivity contribution < 1.29 is 9.90 Å². The molecule has 1 aromatic heterocycles. The number of aryl methyl sites for hydroxylation is 2. The molecule has 0 aliphatic carbocycles. The Bertz CT molecular complexity index is 572. The fourth-order valence-electron chi connectivity index (χ4n) is 1.98. The number of carboxylic acids is 1. The van der Waals surface area contributed by atoms with Crippen molar-refractivity contribution in [2.75, 3.05) is 0 Å². The number of carboxylic acid groups (broad SMARTS) is 1. The molecular formula is C12H12ClNO2. The van der Waals surface area contributed by atoms with Crippen LogP contribution >= 0.6 is 11.6 Å². The summed E-state index contributed by atoms with van der Waals surface area (Å²) in [5, 5.41) is 10.7. The van der Waals surface area contributed by atoms with Crippen LogP contribution in [0.15, 0.2) is 12.1 Å². The number of fused-ring (bicyclic) bond motifs is 1. The Morgan fingerprint density at radius 3 is 2.75 bits per heavy atom. The second kappa shape index (κ2) is 3.83. The number of aromatic amines is 1. The van der Waals surface area contributed by atoms with E-state index in [1.165, 1.54) is 0 Å². The maximum absolute atomic E-state index is 11.1. The second-order valence-corrected chi connectivity index (χ2v) is 4.14. The zero-order chi connectivity index (χ0) is 11.9. The molecule has 0 saturated carbocycles. The predicted octanol–water partition coefficient (Wildman–Crippen LogP) is 3.39. The van der Waals surface area contributed by atoms with E-state index in [2.05, 4.69) is 4.98 Å². The quantitative estimate of drug-likeness (QED) is 0.841. The molecule has 0 saturated heterocycles. The van der Waals surface area contributed by atoms with Gasteiger partial charge in [0, 0.05) is 10.4 Å². The van der Waals surface area contributed by atoms with Gasteiger partial charge in [-0.05, 0) is 30.5 Å². The van der Waals surface area contributed by atoms with Crippen LogP contribution in [0.1, 0.15) is 28.5 Å². The van der Waals surface area contributed by atoms with E-state index in [9.17, 15) is 4.79 Å². The van der Waals surface area contributed by atoms with Crippen LogP contribution in [0.3, 0.4) is 0 Å². The van der Waals surface area contributed by atoms with Crippen molar-refractivity contribution in [2.24, 2.45) is 0 Å². The highest BCUT2D eigenvalue weighted by molar-refractivity contribution is 6.32. The molecule has 1 aromatic carbocycles.